The molecule has 1 saturated carbocycles. The predicted octanol–water partition coefficient (Wildman–Crippen LogP) is 3.90. The second kappa shape index (κ2) is 7.33. The Bertz CT molecular complexity index is 1520. The van der Waals surface area contributed by atoms with E-state index in [0.29, 0.717) is 22.3 Å². The molecule has 2 aliphatic heterocycles. The first-order chi connectivity index (χ1) is 17.3. The van der Waals surface area contributed by atoms with Crippen molar-refractivity contribution in [2.24, 2.45) is 5.41 Å². The van der Waals surface area contributed by atoms with Crippen molar-refractivity contribution in [1.82, 2.24) is 19.8 Å². The van der Waals surface area contributed by atoms with Crippen molar-refractivity contribution >= 4 is 22.8 Å². The summed E-state index contributed by atoms with van der Waals surface area (Å²) in [5, 5.41) is 11.1. The lowest BCUT2D eigenvalue weighted by Crippen LogP contribution is -2.66. The number of benzene rings is 1. The summed E-state index contributed by atoms with van der Waals surface area (Å²) in [4.78, 5) is 19.7. The van der Waals surface area contributed by atoms with Crippen molar-refractivity contribution in [3.05, 3.63) is 59.7 Å². The molecule has 2 saturated heterocycles. The number of fused-ring (bicyclic) bond motifs is 1. The summed E-state index contributed by atoms with van der Waals surface area (Å²) in [6, 6.07) is 9.26. The Morgan fingerprint density at radius 3 is 2.72 bits per heavy atom. The van der Waals surface area contributed by atoms with Crippen LogP contribution in [0.5, 0.6) is 0 Å². The molecule has 0 unspecified atom stereocenters. The average Bonchev–Trinajstić information content (AvgIpc) is 3.17. The van der Waals surface area contributed by atoms with E-state index in [1.54, 1.807) is 22.8 Å². The van der Waals surface area contributed by atoms with Gasteiger partial charge in [-0.15, -0.1) is 0 Å². The smallest absolute Gasteiger partial charge is 0.260 e. The fourth-order valence-corrected chi connectivity index (χ4v) is 4.92. The summed E-state index contributed by atoms with van der Waals surface area (Å²) in [5.41, 5.74) is 4.43. The van der Waals surface area contributed by atoms with Crippen LogP contribution in [0.1, 0.15) is 34.2 Å². The maximum atomic E-state index is 13.4. The number of hydrogen-bond donors (Lipinski definition) is 1. The zero-order chi connectivity index (χ0) is 24.7. The van der Waals surface area contributed by atoms with Crippen molar-refractivity contribution in [3.63, 3.8) is 0 Å². The van der Waals surface area contributed by atoms with Crippen LogP contribution >= 0.6 is 0 Å². The molecule has 1 spiro atoms. The van der Waals surface area contributed by atoms with Crippen LogP contribution in [0.4, 0.5) is 20.2 Å². The van der Waals surface area contributed by atoms with Crippen LogP contribution in [0, 0.1) is 12.3 Å². The van der Waals surface area contributed by atoms with Gasteiger partial charge in [0, 0.05) is 42.6 Å². The molecule has 184 valence electrons. The van der Waals surface area contributed by atoms with Gasteiger partial charge in [0.2, 0.25) is 11.7 Å². The number of amides is 1. The van der Waals surface area contributed by atoms with E-state index in [1.165, 1.54) is 0 Å². The highest BCUT2D eigenvalue weighted by Crippen LogP contribution is 2.55. The third kappa shape index (κ3) is 3.37. The molecule has 36 heavy (non-hydrogen) atoms. The fourth-order valence-electron chi connectivity index (χ4n) is 4.92. The van der Waals surface area contributed by atoms with Gasteiger partial charge in [0.1, 0.15) is 5.92 Å². The second-order valence-corrected chi connectivity index (χ2v) is 10.1. The van der Waals surface area contributed by atoms with Crippen LogP contribution in [0.2, 0.25) is 0 Å². The van der Waals surface area contributed by atoms with E-state index in [1.807, 2.05) is 31.3 Å². The molecule has 3 fully saturated rings. The highest BCUT2D eigenvalue weighted by Gasteiger charge is 2.61. The van der Waals surface area contributed by atoms with Gasteiger partial charge >= 0.3 is 0 Å². The van der Waals surface area contributed by atoms with E-state index >= 15 is 0 Å². The average molecular weight is 492 g/mol. The molecule has 1 N–H and O–H groups in total. The molecule has 7 rings (SSSR count). The lowest BCUT2D eigenvalue weighted by molar-refractivity contribution is -0.127. The number of alkyl halides is 2. The molecule has 3 aliphatic rings. The van der Waals surface area contributed by atoms with E-state index < -0.39 is 11.8 Å². The Kier molecular flexibility index (Phi) is 4.36. The number of nitrogens with one attached hydrogen (secondary N) is 1. The maximum Gasteiger partial charge on any atom is 0.260 e. The zero-order valence-corrected chi connectivity index (χ0v) is 19.4. The number of rotatable bonds is 5. The Labute approximate surface area is 204 Å². The number of anilines is 2. The van der Waals surface area contributed by atoms with Gasteiger partial charge in [-0.1, -0.05) is 17.3 Å². The maximum absolute atomic E-state index is 13.4. The number of carbonyl (C=O) groups excluding carboxylic acids is 1. The lowest BCUT2D eigenvalue weighted by atomic mass is 9.78. The number of pyridine rings is 1. The first kappa shape index (κ1) is 21.4. The van der Waals surface area contributed by atoms with Gasteiger partial charge in [0.15, 0.2) is 0 Å². The molecule has 1 amide bonds. The Hall–Kier alpha value is -3.86. The Morgan fingerprint density at radius 2 is 2.00 bits per heavy atom. The van der Waals surface area contributed by atoms with Crippen LogP contribution in [-0.4, -0.2) is 57.9 Å². The van der Waals surface area contributed by atoms with Crippen molar-refractivity contribution < 1.29 is 22.8 Å². The molecule has 1 aromatic carbocycles. The standard InChI is InChI=1S/C25H22F2N6O3/c1-14-2-3-15(21-30-23(36-31-21)18-8-25(18,26)27)6-19(14)29-22(34)17-9-28-33-5-4-16(7-20(17)33)32-10-24(11-32)12-35-13-24/h2-7,9,18H,8,10-13H2,1H3,(H,29,34)/t18-/m1/s1. The quantitative estimate of drug-likeness (QED) is 0.451. The van der Waals surface area contributed by atoms with E-state index in [-0.39, 0.29) is 29.5 Å². The molecule has 0 radical (unpaired) electrons. The molecule has 9 nitrogen and oxygen atoms in total. The third-order valence-electron chi connectivity index (χ3n) is 7.29. The molecule has 1 atom stereocenters. The van der Waals surface area contributed by atoms with Crippen molar-refractivity contribution in [2.45, 2.75) is 25.2 Å². The minimum Gasteiger partial charge on any atom is -0.380 e. The van der Waals surface area contributed by atoms with E-state index in [4.69, 9.17) is 9.26 Å². The van der Waals surface area contributed by atoms with Crippen LogP contribution in [0.25, 0.3) is 16.9 Å². The third-order valence-corrected chi connectivity index (χ3v) is 7.29. The van der Waals surface area contributed by atoms with Gasteiger partial charge in [0.25, 0.3) is 11.8 Å². The van der Waals surface area contributed by atoms with E-state index in [9.17, 15) is 13.6 Å². The number of carbonyl (C=O) groups is 1. The topological polar surface area (TPSA) is 97.8 Å². The molecule has 4 aromatic rings. The number of ether oxygens (including phenoxy) is 1. The predicted molar refractivity (Wildman–Crippen MR) is 125 cm³/mol. The Morgan fingerprint density at radius 1 is 1.19 bits per heavy atom. The minimum absolute atomic E-state index is 0.0683. The summed E-state index contributed by atoms with van der Waals surface area (Å²) in [6.07, 6.45) is 3.12. The molecule has 0 bridgehead atoms. The molecule has 11 heteroatoms. The first-order valence-electron chi connectivity index (χ1n) is 11.7. The van der Waals surface area contributed by atoms with Gasteiger partial charge in [-0.25, -0.2) is 13.3 Å². The van der Waals surface area contributed by atoms with Crippen LogP contribution in [-0.2, 0) is 4.74 Å². The second-order valence-electron chi connectivity index (χ2n) is 10.1. The number of aryl methyl sites for hydroxylation is 1. The summed E-state index contributed by atoms with van der Waals surface area (Å²) in [7, 11) is 0. The first-order valence-corrected chi connectivity index (χ1v) is 11.7. The number of nitrogens with zero attached hydrogens (tertiary/aromatic N) is 5. The molecule has 1 aliphatic carbocycles. The summed E-state index contributed by atoms with van der Waals surface area (Å²) < 4.78 is 38.8. The fraction of sp³-hybridized carbons (Fsp3) is 0.360. The normalized spacial score (nSPS) is 21.3. The van der Waals surface area contributed by atoms with Gasteiger partial charge in [0.05, 0.1) is 35.9 Å². The van der Waals surface area contributed by atoms with E-state index in [0.717, 1.165) is 37.6 Å². The van der Waals surface area contributed by atoms with Gasteiger partial charge in [-0.3, -0.25) is 4.79 Å². The van der Waals surface area contributed by atoms with Gasteiger partial charge < -0.3 is 19.5 Å². The molecule has 3 aromatic heterocycles. The van der Waals surface area contributed by atoms with Crippen LogP contribution in [0.3, 0.4) is 0 Å². The highest BCUT2D eigenvalue weighted by atomic mass is 19.3. The van der Waals surface area contributed by atoms with Crippen LogP contribution < -0.4 is 10.2 Å². The summed E-state index contributed by atoms with van der Waals surface area (Å²) in [5.74, 6) is -3.98. The number of aromatic nitrogens is 4. The summed E-state index contributed by atoms with van der Waals surface area (Å²) in [6.45, 7) is 5.37. The minimum atomic E-state index is -2.78. The number of halogens is 2. The van der Waals surface area contributed by atoms with Gasteiger partial charge in [-0.2, -0.15) is 10.1 Å². The van der Waals surface area contributed by atoms with Gasteiger partial charge in [-0.05, 0) is 30.7 Å². The number of hydrogen-bond acceptors (Lipinski definition) is 7. The molecular weight excluding hydrogens is 470 g/mol. The highest BCUT2D eigenvalue weighted by molar-refractivity contribution is 6.09. The zero-order valence-electron chi connectivity index (χ0n) is 19.4. The Balaban J connectivity index is 1.12. The monoisotopic (exact) mass is 492 g/mol. The largest absolute Gasteiger partial charge is 0.380 e. The van der Waals surface area contributed by atoms with Crippen molar-refractivity contribution in [1.29, 1.82) is 0 Å². The molecule has 5 heterocycles. The SMILES string of the molecule is Cc1ccc(-c2noc([C@H]3CC3(F)F)n2)cc1NC(=O)c1cnn2ccc(N3CC4(COC4)C3)cc12. The van der Waals surface area contributed by atoms with E-state index in [2.05, 4.69) is 25.5 Å². The van der Waals surface area contributed by atoms with Crippen LogP contribution in [0.15, 0.2) is 47.2 Å². The molecular formula is C25H22F2N6O3. The summed E-state index contributed by atoms with van der Waals surface area (Å²) >= 11 is 0. The van der Waals surface area contributed by atoms with Crippen molar-refractivity contribution in [3.8, 4) is 11.4 Å². The lowest BCUT2D eigenvalue weighted by Gasteiger charge is -2.56. The van der Waals surface area contributed by atoms with Crippen molar-refractivity contribution in [2.75, 3.05) is 36.5 Å².